The van der Waals surface area contributed by atoms with Crippen LogP contribution in [0.4, 0.5) is 0 Å². The van der Waals surface area contributed by atoms with Crippen LogP contribution in [-0.2, 0) is 9.53 Å². The van der Waals surface area contributed by atoms with Crippen LogP contribution in [0.3, 0.4) is 0 Å². The van der Waals surface area contributed by atoms with Crippen LogP contribution in [0.5, 0.6) is 0 Å². The molecule has 0 atom stereocenters. The molecule has 0 spiro atoms. The molecule has 2 heterocycles. The molecule has 0 aliphatic carbocycles. The number of nitrogens with zero attached hydrogens (tertiary/aromatic N) is 4. The van der Waals surface area contributed by atoms with Gasteiger partial charge >= 0.3 is 5.97 Å². The molecule has 104 valence electrons. The Morgan fingerprint density at radius 3 is 2.95 bits per heavy atom. The number of ether oxygens (including phenoxy) is 1. The van der Waals surface area contributed by atoms with Crippen molar-refractivity contribution < 1.29 is 9.53 Å². The SMILES string of the molecule is CC(C)OC(=O)C=Cn1cnc(-c2cc(Cl)ccn2)n1. The van der Waals surface area contributed by atoms with Gasteiger partial charge in [0.1, 0.15) is 12.0 Å². The summed E-state index contributed by atoms with van der Waals surface area (Å²) in [5, 5.41) is 4.72. The molecule has 6 nitrogen and oxygen atoms in total. The zero-order valence-corrected chi connectivity index (χ0v) is 11.8. The highest BCUT2D eigenvalue weighted by Gasteiger charge is 2.05. The quantitative estimate of drug-likeness (QED) is 0.639. The van der Waals surface area contributed by atoms with Gasteiger partial charge in [-0.05, 0) is 26.0 Å². The molecule has 0 N–H and O–H groups in total. The highest BCUT2D eigenvalue weighted by Crippen LogP contribution is 2.15. The smallest absolute Gasteiger partial charge is 0.332 e. The number of hydrogen-bond acceptors (Lipinski definition) is 5. The average Bonchev–Trinajstić information content (AvgIpc) is 2.84. The van der Waals surface area contributed by atoms with Crippen LogP contribution >= 0.6 is 11.6 Å². The van der Waals surface area contributed by atoms with Crippen molar-refractivity contribution in [1.29, 1.82) is 0 Å². The molecule has 2 aromatic rings. The lowest BCUT2D eigenvalue weighted by Gasteiger charge is -2.03. The third-order valence-electron chi connectivity index (χ3n) is 2.17. The Kier molecular flexibility index (Phi) is 4.47. The molecule has 0 aliphatic heterocycles. The molecule has 7 heteroatoms. The largest absolute Gasteiger partial charge is 0.460 e. The maximum Gasteiger partial charge on any atom is 0.332 e. The molecule has 0 fully saturated rings. The fraction of sp³-hybridized carbons (Fsp3) is 0.231. The van der Waals surface area contributed by atoms with Gasteiger partial charge in [-0.1, -0.05) is 11.6 Å². The third-order valence-corrected chi connectivity index (χ3v) is 2.41. The van der Waals surface area contributed by atoms with Gasteiger partial charge in [-0.25, -0.2) is 14.5 Å². The van der Waals surface area contributed by atoms with Crippen LogP contribution in [0.1, 0.15) is 13.8 Å². The van der Waals surface area contributed by atoms with E-state index < -0.39 is 5.97 Å². The second kappa shape index (κ2) is 6.29. The van der Waals surface area contributed by atoms with Crippen molar-refractivity contribution in [2.24, 2.45) is 0 Å². The maximum absolute atomic E-state index is 11.3. The van der Waals surface area contributed by atoms with Crippen molar-refractivity contribution in [3.8, 4) is 11.5 Å². The highest BCUT2D eigenvalue weighted by molar-refractivity contribution is 6.30. The zero-order chi connectivity index (χ0) is 14.5. The lowest BCUT2D eigenvalue weighted by atomic mass is 10.3. The zero-order valence-electron chi connectivity index (χ0n) is 11.0. The maximum atomic E-state index is 11.3. The van der Waals surface area contributed by atoms with Gasteiger partial charge in [0.05, 0.1) is 6.10 Å². The summed E-state index contributed by atoms with van der Waals surface area (Å²) in [5.41, 5.74) is 0.564. The summed E-state index contributed by atoms with van der Waals surface area (Å²) in [5.74, 6) is -0.00712. The van der Waals surface area contributed by atoms with Gasteiger partial charge in [0.2, 0.25) is 0 Å². The van der Waals surface area contributed by atoms with Gasteiger partial charge in [0, 0.05) is 23.5 Å². The first-order chi connectivity index (χ1) is 9.54. The monoisotopic (exact) mass is 292 g/mol. The Labute approximate surface area is 121 Å². The van der Waals surface area contributed by atoms with Crippen LogP contribution in [-0.4, -0.2) is 31.8 Å². The van der Waals surface area contributed by atoms with Crippen molar-refractivity contribution in [2.45, 2.75) is 20.0 Å². The summed E-state index contributed by atoms with van der Waals surface area (Å²) in [6.45, 7) is 3.56. The van der Waals surface area contributed by atoms with Crippen molar-refractivity contribution in [2.75, 3.05) is 0 Å². The molecular weight excluding hydrogens is 280 g/mol. The minimum absolute atomic E-state index is 0.158. The van der Waals surface area contributed by atoms with Crippen molar-refractivity contribution in [3.05, 3.63) is 35.8 Å². The summed E-state index contributed by atoms with van der Waals surface area (Å²) in [6.07, 6.45) is 5.63. The van der Waals surface area contributed by atoms with E-state index in [9.17, 15) is 4.79 Å². The number of pyridine rings is 1. The van der Waals surface area contributed by atoms with Gasteiger partial charge in [0.25, 0.3) is 0 Å². The van der Waals surface area contributed by atoms with E-state index in [0.717, 1.165) is 0 Å². The normalized spacial score (nSPS) is 11.2. The molecule has 0 amide bonds. The molecule has 0 bridgehead atoms. The van der Waals surface area contributed by atoms with E-state index in [1.54, 1.807) is 32.2 Å². The Bertz CT molecular complexity index is 637. The van der Waals surface area contributed by atoms with E-state index in [-0.39, 0.29) is 6.10 Å². The molecule has 0 saturated heterocycles. The Balaban J connectivity index is 2.10. The lowest BCUT2D eigenvalue weighted by Crippen LogP contribution is -2.08. The lowest BCUT2D eigenvalue weighted by molar-refractivity contribution is -0.141. The molecule has 0 unspecified atom stereocenters. The summed E-state index contributed by atoms with van der Waals surface area (Å²) >= 11 is 5.88. The summed E-state index contributed by atoms with van der Waals surface area (Å²) in [6, 6.07) is 3.34. The first kappa shape index (κ1) is 14.2. The molecule has 0 radical (unpaired) electrons. The topological polar surface area (TPSA) is 69.9 Å². The molecule has 0 aliphatic rings. The van der Waals surface area contributed by atoms with Gasteiger partial charge in [0.15, 0.2) is 5.82 Å². The van der Waals surface area contributed by atoms with Crippen LogP contribution in [0.25, 0.3) is 17.7 Å². The first-order valence-corrected chi connectivity index (χ1v) is 6.34. The summed E-state index contributed by atoms with van der Waals surface area (Å²) in [7, 11) is 0. The molecule has 20 heavy (non-hydrogen) atoms. The Morgan fingerprint density at radius 2 is 2.25 bits per heavy atom. The van der Waals surface area contributed by atoms with E-state index in [1.165, 1.54) is 23.3 Å². The molecule has 2 rings (SSSR count). The fourth-order valence-electron chi connectivity index (χ4n) is 1.40. The highest BCUT2D eigenvalue weighted by atomic mass is 35.5. The number of carbonyl (C=O) groups excluding carboxylic acids is 1. The van der Waals surface area contributed by atoms with Gasteiger partial charge in [-0.3, -0.25) is 4.98 Å². The van der Waals surface area contributed by atoms with Gasteiger partial charge < -0.3 is 4.74 Å². The number of rotatable bonds is 4. The number of halogens is 1. The number of carbonyl (C=O) groups is 1. The van der Waals surface area contributed by atoms with Crippen LogP contribution in [0.15, 0.2) is 30.7 Å². The third kappa shape index (κ3) is 3.89. The number of hydrogen-bond donors (Lipinski definition) is 0. The number of aromatic nitrogens is 4. The van der Waals surface area contributed by atoms with Crippen molar-refractivity contribution in [1.82, 2.24) is 19.7 Å². The van der Waals surface area contributed by atoms with Gasteiger partial charge in [-0.2, -0.15) is 0 Å². The van der Waals surface area contributed by atoms with Crippen molar-refractivity contribution in [3.63, 3.8) is 0 Å². The average molecular weight is 293 g/mol. The predicted molar refractivity (Wildman–Crippen MR) is 74.8 cm³/mol. The molecular formula is C13H13ClN4O2. The van der Waals surface area contributed by atoms with Crippen LogP contribution in [0.2, 0.25) is 5.02 Å². The van der Waals surface area contributed by atoms with E-state index in [0.29, 0.717) is 16.5 Å². The first-order valence-electron chi connectivity index (χ1n) is 5.96. The van der Waals surface area contributed by atoms with E-state index in [2.05, 4.69) is 15.1 Å². The standard InChI is InChI=1S/C13H13ClN4O2/c1-9(2)20-12(19)4-6-18-8-16-13(17-18)11-7-10(14)3-5-15-11/h3-9H,1-2H3. The van der Waals surface area contributed by atoms with E-state index >= 15 is 0 Å². The molecule has 0 saturated carbocycles. The van der Waals surface area contributed by atoms with E-state index in [1.807, 2.05) is 0 Å². The fourth-order valence-corrected chi connectivity index (χ4v) is 1.56. The summed E-state index contributed by atoms with van der Waals surface area (Å²) < 4.78 is 6.36. The van der Waals surface area contributed by atoms with Gasteiger partial charge in [-0.15, -0.1) is 5.10 Å². The van der Waals surface area contributed by atoms with Crippen LogP contribution < -0.4 is 0 Å². The summed E-state index contributed by atoms with van der Waals surface area (Å²) in [4.78, 5) is 19.6. The second-order valence-electron chi connectivity index (χ2n) is 4.21. The molecule has 0 aromatic carbocycles. The Hall–Kier alpha value is -2.21. The minimum Gasteiger partial charge on any atom is -0.460 e. The Morgan fingerprint density at radius 1 is 1.45 bits per heavy atom. The van der Waals surface area contributed by atoms with E-state index in [4.69, 9.17) is 16.3 Å². The minimum atomic E-state index is -0.432. The van der Waals surface area contributed by atoms with Crippen molar-refractivity contribution >= 4 is 23.8 Å². The molecule has 2 aromatic heterocycles. The predicted octanol–water partition coefficient (Wildman–Crippen LogP) is 2.42. The second-order valence-corrected chi connectivity index (χ2v) is 4.65. The van der Waals surface area contributed by atoms with Crippen LogP contribution in [0, 0.1) is 0 Å². The number of esters is 1.